The van der Waals surface area contributed by atoms with Crippen LogP contribution in [0.3, 0.4) is 0 Å². The molecule has 0 radical (unpaired) electrons. The fourth-order valence-electron chi connectivity index (χ4n) is 2.44. The van der Waals surface area contributed by atoms with Crippen LogP contribution in [0.5, 0.6) is 0 Å². The average Bonchev–Trinajstić information content (AvgIpc) is 2.73. The number of hydrogen-bond acceptors (Lipinski definition) is 2. The number of rotatable bonds is 4. The molecule has 0 aliphatic carbocycles. The first-order chi connectivity index (χ1) is 10.9. The monoisotopic (exact) mass is 365 g/mol. The quantitative estimate of drug-likeness (QED) is 0.635. The first-order valence-electron chi connectivity index (χ1n) is 6.89. The number of fused-ring (bicyclic) bond motifs is 1. The Morgan fingerprint density at radius 3 is 2.52 bits per heavy atom. The molecule has 0 fully saturated rings. The first-order valence-corrected chi connectivity index (χ1v) is 8.46. The lowest BCUT2D eigenvalue weighted by Gasteiger charge is -2.05. The second-order valence-electron chi connectivity index (χ2n) is 5.26. The summed E-state index contributed by atoms with van der Waals surface area (Å²) in [6.07, 6.45) is -0.0651. The molecule has 6 heteroatoms. The maximum absolute atomic E-state index is 11.2. The van der Waals surface area contributed by atoms with Crippen molar-refractivity contribution in [3.05, 3.63) is 57.7 Å². The molecule has 3 rings (SSSR count). The standard InChI is InChI=1S/C17H13Cl2NO2S/c1-9-2-3-13-14(4-9)20-15(8-16(21)22)17(13)23-12-6-10(18)5-11(19)7-12/h2-7,20H,8H2,1H3,(H,21,22). The molecule has 0 saturated heterocycles. The molecule has 0 aliphatic rings. The molecular formula is C17H13Cl2NO2S. The van der Waals surface area contributed by atoms with Gasteiger partial charge in [-0.2, -0.15) is 0 Å². The summed E-state index contributed by atoms with van der Waals surface area (Å²) in [6.45, 7) is 2.00. The maximum atomic E-state index is 11.2. The minimum Gasteiger partial charge on any atom is -0.481 e. The Morgan fingerprint density at radius 1 is 1.17 bits per heavy atom. The van der Waals surface area contributed by atoms with Gasteiger partial charge in [0.25, 0.3) is 0 Å². The molecule has 1 heterocycles. The summed E-state index contributed by atoms with van der Waals surface area (Å²) in [7, 11) is 0. The van der Waals surface area contributed by atoms with E-state index in [1.165, 1.54) is 11.8 Å². The molecule has 2 N–H and O–H groups in total. The summed E-state index contributed by atoms with van der Waals surface area (Å²) in [5, 5.41) is 11.3. The lowest BCUT2D eigenvalue weighted by molar-refractivity contribution is -0.136. The Labute approximate surface area is 147 Å². The normalized spacial score (nSPS) is 11.1. The third kappa shape index (κ3) is 3.66. The highest BCUT2D eigenvalue weighted by Gasteiger charge is 2.16. The number of carbonyl (C=O) groups is 1. The average molecular weight is 366 g/mol. The van der Waals surface area contributed by atoms with Crippen LogP contribution in [-0.2, 0) is 11.2 Å². The van der Waals surface area contributed by atoms with Crippen LogP contribution < -0.4 is 0 Å². The van der Waals surface area contributed by atoms with E-state index in [4.69, 9.17) is 28.3 Å². The molecule has 3 nitrogen and oxygen atoms in total. The van der Waals surface area contributed by atoms with Crippen molar-refractivity contribution in [1.82, 2.24) is 4.98 Å². The SMILES string of the molecule is Cc1ccc2c(Sc3cc(Cl)cc(Cl)c3)c(CC(=O)O)[nH]c2c1. The number of carboxylic acids is 1. The molecule has 0 atom stereocenters. The molecule has 0 aliphatic heterocycles. The van der Waals surface area contributed by atoms with Crippen LogP contribution in [0.2, 0.25) is 10.0 Å². The van der Waals surface area contributed by atoms with Gasteiger partial charge in [0.1, 0.15) is 0 Å². The predicted molar refractivity (Wildman–Crippen MR) is 95.0 cm³/mol. The fraction of sp³-hybridized carbons (Fsp3) is 0.118. The van der Waals surface area contributed by atoms with Gasteiger partial charge in [-0.05, 0) is 36.8 Å². The van der Waals surface area contributed by atoms with Gasteiger partial charge in [0, 0.05) is 36.4 Å². The minimum absolute atomic E-state index is 0.0651. The van der Waals surface area contributed by atoms with Crippen molar-refractivity contribution in [2.24, 2.45) is 0 Å². The van der Waals surface area contributed by atoms with Gasteiger partial charge in [-0.25, -0.2) is 0 Å². The topological polar surface area (TPSA) is 53.1 Å². The van der Waals surface area contributed by atoms with Gasteiger partial charge in [0.2, 0.25) is 0 Å². The number of aliphatic carboxylic acids is 1. The van der Waals surface area contributed by atoms with Gasteiger partial charge in [-0.3, -0.25) is 4.79 Å². The highest BCUT2D eigenvalue weighted by atomic mass is 35.5. The van der Waals surface area contributed by atoms with Crippen molar-refractivity contribution in [3.63, 3.8) is 0 Å². The van der Waals surface area contributed by atoms with Crippen molar-refractivity contribution >= 4 is 51.8 Å². The third-order valence-corrected chi connectivity index (χ3v) is 4.94. The molecule has 1 aromatic heterocycles. The first kappa shape index (κ1) is 16.2. The lowest BCUT2D eigenvalue weighted by atomic mass is 10.2. The van der Waals surface area contributed by atoms with Crippen LogP contribution in [0.15, 0.2) is 46.2 Å². The molecule has 118 valence electrons. The molecule has 0 amide bonds. The van der Waals surface area contributed by atoms with Crippen LogP contribution in [0.25, 0.3) is 10.9 Å². The second kappa shape index (κ2) is 6.48. The van der Waals surface area contributed by atoms with Crippen molar-refractivity contribution < 1.29 is 9.90 Å². The zero-order valence-electron chi connectivity index (χ0n) is 12.2. The number of aromatic nitrogens is 1. The van der Waals surface area contributed by atoms with E-state index in [2.05, 4.69) is 4.98 Å². The van der Waals surface area contributed by atoms with Crippen LogP contribution in [0.4, 0.5) is 0 Å². The zero-order valence-corrected chi connectivity index (χ0v) is 14.5. The van der Waals surface area contributed by atoms with E-state index < -0.39 is 5.97 Å². The molecule has 0 unspecified atom stereocenters. The minimum atomic E-state index is -0.876. The number of aromatic amines is 1. The fourth-order valence-corrected chi connectivity index (χ4v) is 4.24. The van der Waals surface area contributed by atoms with E-state index in [9.17, 15) is 4.79 Å². The van der Waals surface area contributed by atoms with Crippen molar-refractivity contribution in [2.75, 3.05) is 0 Å². The number of nitrogens with one attached hydrogen (secondary N) is 1. The van der Waals surface area contributed by atoms with Crippen LogP contribution >= 0.6 is 35.0 Å². The van der Waals surface area contributed by atoms with E-state index in [1.54, 1.807) is 6.07 Å². The summed E-state index contributed by atoms with van der Waals surface area (Å²) in [6, 6.07) is 11.3. The molecule has 0 bridgehead atoms. The molecule has 2 aromatic carbocycles. The van der Waals surface area contributed by atoms with Crippen molar-refractivity contribution in [1.29, 1.82) is 0 Å². The Hall–Kier alpha value is -1.62. The molecule has 23 heavy (non-hydrogen) atoms. The third-order valence-electron chi connectivity index (χ3n) is 3.36. The Balaban J connectivity index is 2.11. The molecule has 0 saturated carbocycles. The Bertz CT molecular complexity index is 885. The van der Waals surface area contributed by atoms with Gasteiger partial charge in [0.05, 0.1) is 6.42 Å². The summed E-state index contributed by atoms with van der Waals surface area (Å²) < 4.78 is 0. The summed E-state index contributed by atoms with van der Waals surface area (Å²) in [4.78, 5) is 16.1. The number of hydrogen-bond donors (Lipinski definition) is 2. The number of H-pyrrole nitrogens is 1. The second-order valence-corrected chi connectivity index (χ2v) is 7.22. The highest BCUT2D eigenvalue weighted by molar-refractivity contribution is 7.99. The van der Waals surface area contributed by atoms with Crippen LogP contribution in [0, 0.1) is 6.92 Å². The smallest absolute Gasteiger partial charge is 0.309 e. The van der Waals surface area contributed by atoms with Gasteiger partial charge < -0.3 is 10.1 Å². The number of carboxylic acid groups (broad SMARTS) is 1. The lowest BCUT2D eigenvalue weighted by Crippen LogP contribution is -2.01. The van der Waals surface area contributed by atoms with Gasteiger partial charge in [0.15, 0.2) is 0 Å². The Morgan fingerprint density at radius 2 is 1.87 bits per heavy atom. The van der Waals surface area contributed by atoms with Crippen LogP contribution in [0.1, 0.15) is 11.3 Å². The molecule has 0 spiro atoms. The van der Waals surface area contributed by atoms with E-state index in [0.717, 1.165) is 26.3 Å². The molecule has 3 aromatic rings. The van der Waals surface area contributed by atoms with Gasteiger partial charge >= 0.3 is 5.97 Å². The number of aryl methyl sites for hydroxylation is 1. The van der Waals surface area contributed by atoms with E-state index in [0.29, 0.717) is 15.7 Å². The van der Waals surface area contributed by atoms with Crippen LogP contribution in [-0.4, -0.2) is 16.1 Å². The molecular weight excluding hydrogens is 353 g/mol. The number of halogens is 2. The highest BCUT2D eigenvalue weighted by Crippen LogP contribution is 2.39. The van der Waals surface area contributed by atoms with E-state index in [-0.39, 0.29) is 6.42 Å². The zero-order chi connectivity index (χ0) is 16.6. The van der Waals surface area contributed by atoms with Gasteiger partial charge in [-0.1, -0.05) is 47.1 Å². The maximum Gasteiger partial charge on any atom is 0.309 e. The van der Waals surface area contributed by atoms with Crippen molar-refractivity contribution in [2.45, 2.75) is 23.1 Å². The summed E-state index contributed by atoms with van der Waals surface area (Å²) in [5.41, 5.74) is 2.72. The predicted octanol–water partition coefficient (Wildman–Crippen LogP) is 5.56. The Kier molecular flexibility index (Phi) is 4.57. The van der Waals surface area contributed by atoms with Gasteiger partial charge in [-0.15, -0.1) is 0 Å². The largest absolute Gasteiger partial charge is 0.481 e. The van der Waals surface area contributed by atoms with Crippen molar-refractivity contribution in [3.8, 4) is 0 Å². The summed E-state index contributed by atoms with van der Waals surface area (Å²) >= 11 is 13.6. The van der Waals surface area contributed by atoms with E-state index >= 15 is 0 Å². The van der Waals surface area contributed by atoms with E-state index in [1.807, 2.05) is 37.3 Å². The summed E-state index contributed by atoms with van der Waals surface area (Å²) in [5.74, 6) is -0.876. The number of benzene rings is 2.